The minimum absolute atomic E-state index is 0.0418. The second kappa shape index (κ2) is 7.46. The van der Waals surface area contributed by atoms with E-state index in [2.05, 4.69) is 10.1 Å². The number of fused-ring (bicyclic) bond motifs is 2. The Balaban J connectivity index is 1.22. The summed E-state index contributed by atoms with van der Waals surface area (Å²) in [7, 11) is 0. The molecule has 5 rings (SSSR count). The molecule has 160 valence electrons. The summed E-state index contributed by atoms with van der Waals surface area (Å²) in [6.07, 6.45) is 0.477. The normalized spacial score (nSPS) is 27.2. The summed E-state index contributed by atoms with van der Waals surface area (Å²) in [6.45, 7) is 5.44. The zero-order chi connectivity index (χ0) is 20.8. The lowest BCUT2D eigenvalue weighted by atomic mass is 9.78. The van der Waals surface area contributed by atoms with Crippen molar-refractivity contribution in [2.45, 2.75) is 45.4 Å². The predicted octanol–water partition coefficient (Wildman–Crippen LogP) is 1.30. The molecular formula is C21H26N4O5. The quantitative estimate of drug-likeness (QED) is 0.805. The first kappa shape index (κ1) is 19.2. The van der Waals surface area contributed by atoms with Crippen LogP contribution in [0.3, 0.4) is 0 Å². The van der Waals surface area contributed by atoms with Crippen molar-refractivity contribution in [2.75, 3.05) is 19.9 Å². The van der Waals surface area contributed by atoms with Gasteiger partial charge in [-0.1, -0.05) is 0 Å². The van der Waals surface area contributed by atoms with E-state index in [0.29, 0.717) is 60.8 Å². The van der Waals surface area contributed by atoms with E-state index in [1.54, 1.807) is 10.7 Å². The Morgan fingerprint density at radius 2 is 1.97 bits per heavy atom. The van der Waals surface area contributed by atoms with Crippen molar-refractivity contribution in [3.8, 4) is 17.2 Å². The molecule has 0 radical (unpaired) electrons. The Kier molecular flexibility index (Phi) is 4.77. The maximum absolute atomic E-state index is 12.8. The maximum atomic E-state index is 12.8. The van der Waals surface area contributed by atoms with E-state index >= 15 is 0 Å². The molecule has 1 aromatic heterocycles. The molecule has 9 nitrogen and oxygen atoms in total. The van der Waals surface area contributed by atoms with E-state index < -0.39 is 6.10 Å². The number of carbonyl (C=O) groups is 1. The van der Waals surface area contributed by atoms with Crippen LogP contribution in [0, 0.1) is 25.7 Å². The largest absolute Gasteiger partial charge is 0.488 e. The van der Waals surface area contributed by atoms with Gasteiger partial charge in [0, 0.05) is 19.2 Å². The van der Waals surface area contributed by atoms with Gasteiger partial charge in [-0.15, -0.1) is 0 Å². The topological polar surface area (TPSA) is 98.9 Å². The minimum Gasteiger partial charge on any atom is -0.488 e. The van der Waals surface area contributed by atoms with E-state index in [1.165, 1.54) is 0 Å². The van der Waals surface area contributed by atoms with Gasteiger partial charge in [0.05, 0.1) is 6.10 Å². The van der Waals surface area contributed by atoms with Crippen LogP contribution in [0.5, 0.6) is 17.2 Å². The zero-order valence-electron chi connectivity index (χ0n) is 17.2. The molecule has 2 fully saturated rings. The van der Waals surface area contributed by atoms with Crippen molar-refractivity contribution in [3.05, 3.63) is 29.8 Å². The van der Waals surface area contributed by atoms with E-state index in [-0.39, 0.29) is 25.3 Å². The Bertz CT molecular complexity index is 961. The Labute approximate surface area is 174 Å². The average molecular weight is 414 g/mol. The molecule has 30 heavy (non-hydrogen) atoms. The van der Waals surface area contributed by atoms with Crippen molar-refractivity contribution in [3.63, 3.8) is 0 Å². The summed E-state index contributed by atoms with van der Waals surface area (Å²) >= 11 is 0. The molecule has 1 aromatic carbocycles. The highest BCUT2D eigenvalue weighted by molar-refractivity contribution is 5.76. The SMILES string of the molecule is Cc1nc(C)n(CC(=O)N2C[C@H]3C[C@@H](Oc4ccc5c(c4)OCO5)[C@H](O)C[C@H]3C2)n1. The van der Waals surface area contributed by atoms with Crippen LogP contribution in [-0.2, 0) is 11.3 Å². The van der Waals surface area contributed by atoms with Crippen molar-refractivity contribution >= 4 is 5.91 Å². The lowest BCUT2D eigenvalue weighted by molar-refractivity contribution is -0.131. The van der Waals surface area contributed by atoms with Crippen LogP contribution in [0.25, 0.3) is 0 Å². The van der Waals surface area contributed by atoms with Gasteiger partial charge >= 0.3 is 0 Å². The van der Waals surface area contributed by atoms with Crippen LogP contribution >= 0.6 is 0 Å². The van der Waals surface area contributed by atoms with Crippen LogP contribution < -0.4 is 14.2 Å². The number of aromatic nitrogens is 3. The molecule has 1 saturated heterocycles. The number of hydrogen-bond donors (Lipinski definition) is 1. The van der Waals surface area contributed by atoms with Crippen LogP contribution in [-0.4, -0.2) is 62.8 Å². The third-order valence-electron chi connectivity index (χ3n) is 6.32. The maximum Gasteiger partial charge on any atom is 0.244 e. The summed E-state index contributed by atoms with van der Waals surface area (Å²) < 4.78 is 18.5. The molecule has 0 spiro atoms. The molecule has 3 aliphatic rings. The summed E-state index contributed by atoms with van der Waals surface area (Å²) in [4.78, 5) is 18.9. The zero-order valence-corrected chi connectivity index (χ0v) is 17.2. The smallest absolute Gasteiger partial charge is 0.244 e. The molecule has 9 heteroatoms. The predicted molar refractivity (Wildman–Crippen MR) is 105 cm³/mol. The van der Waals surface area contributed by atoms with Gasteiger partial charge in [0.2, 0.25) is 12.7 Å². The third kappa shape index (κ3) is 3.58. The number of rotatable bonds is 4. The first-order chi connectivity index (χ1) is 14.5. The second-order valence-electron chi connectivity index (χ2n) is 8.39. The van der Waals surface area contributed by atoms with Gasteiger partial charge in [0.1, 0.15) is 30.0 Å². The molecular weight excluding hydrogens is 388 g/mol. The van der Waals surface area contributed by atoms with Gasteiger partial charge in [-0.25, -0.2) is 9.67 Å². The molecule has 3 heterocycles. The van der Waals surface area contributed by atoms with Crippen LogP contribution in [0.15, 0.2) is 18.2 Å². The number of hydrogen-bond acceptors (Lipinski definition) is 7. The molecule has 1 saturated carbocycles. The first-order valence-corrected chi connectivity index (χ1v) is 10.4. The number of nitrogens with zero attached hydrogens (tertiary/aromatic N) is 4. The van der Waals surface area contributed by atoms with Crippen LogP contribution in [0.1, 0.15) is 24.5 Å². The second-order valence-corrected chi connectivity index (χ2v) is 8.39. The highest BCUT2D eigenvalue weighted by Gasteiger charge is 2.44. The number of aryl methyl sites for hydroxylation is 2. The molecule has 0 bridgehead atoms. The van der Waals surface area contributed by atoms with Crippen LogP contribution in [0.2, 0.25) is 0 Å². The molecule has 1 aliphatic carbocycles. The number of aliphatic hydroxyl groups is 1. The Morgan fingerprint density at radius 3 is 2.73 bits per heavy atom. The molecule has 4 atom stereocenters. The molecule has 1 N–H and O–H groups in total. The third-order valence-corrected chi connectivity index (χ3v) is 6.32. The van der Waals surface area contributed by atoms with Crippen LogP contribution in [0.4, 0.5) is 0 Å². The van der Waals surface area contributed by atoms with Crippen molar-refractivity contribution in [2.24, 2.45) is 11.8 Å². The number of carbonyl (C=O) groups excluding carboxylic acids is 1. The number of amides is 1. The summed E-state index contributed by atoms with van der Waals surface area (Å²) in [6, 6.07) is 5.45. The summed E-state index contributed by atoms with van der Waals surface area (Å²) in [5.74, 6) is 4.08. The standard InChI is InChI=1S/C21H26N4O5/c1-12-22-13(2)25(23-12)10-21(27)24-8-14-5-17(26)19(6-15(14)9-24)30-16-3-4-18-20(7-16)29-11-28-18/h3-4,7,14-15,17,19,26H,5-6,8-11H2,1-2H3/t14-,15+,17+,19+/m0/s1. The van der Waals surface area contributed by atoms with Gasteiger partial charge in [-0.2, -0.15) is 5.10 Å². The van der Waals surface area contributed by atoms with Gasteiger partial charge in [-0.3, -0.25) is 4.79 Å². The molecule has 2 aliphatic heterocycles. The van der Waals surface area contributed by atoms with Crippen molar-refractivity contribution in [1.82, 2.24) is 19.7 Å². The molecule has 1 amide bonds. The number of aliphatic hydroxyl groups excluding tert-OH is 1. The molecule has 2 aromatic rings. The van der Waals surface area contributed by atoms with Gasteiger partial charge in [0.15, 0.2) is 11.5 Å². The highest BCUT2D eigenvalue weighted by atomic mass is 16.7. The number of likely N-dealkylation sites (tertiary alicyclic amines) is 1. The summed E-state index contributed by atoms with van der Waals surface area (Å²) in [5, 5.41) is 15.0. The van der Waals surface area contributed by atoms with Crippen molar-refractivity contribution < 1.29 is 24.1 Å². The van der Waals surface area contributed by atoms with E-state index in [9.17, 15) is 9.90 Å². The van der Waals surface area contributed by atoms with E-state index in [1.807, 2.05) is 30.9 Å². The number of benzene rings is 1. The highest BCUT2D eigenvalue weighted by Crippen LogP contribution is 2.40. The van der Waals surface area contributed by atoms with Gasteiger partial charge in [-0.05, 0) is 50.7 Å². The Hall–Kier alpha value is -2.81. The van der Waals surface area contributed by atoms with E-state index in [0.717, 1.165) is 5.82 Å². The monoisotopic (exact) mass is 414 g/mol. The van der Waals surface area contributed by atoms with Gasteiger partial charge in [0.25, 0.3) is 0 Å². The lowest BCUT2D eigenvalue weighted by Gasteiger charge is -2.35. The fraction of sp³-hybridized carbons (Fsp3) is 0.571. The number of ether oxygens (including phenoxy) is 3. The molecule has 0 unspecified atom stereocenters. The minimum atomic E-state index is -0.563. The Morgan fingerprint density at radius 1 is 1.20 bits per heavy atom. The summed E-state index contributed by atoms with van der Waals surface area (Å²) in [5.41, 5.74) is 0. The van der Waals surface area contributed by atoms with Crippen molar-refractivity contribution in [1.29, 1.82) is 0 Å². The van der Waals surface area contributed by atoms with E-state index in [4.69, 9.17) is 14.2 Å². The lowest BCUT2D eigenvalue weighted by Crippen LogP contribution is -2.42. The fourth-order valence-electron chi connectivity index (χ4n) is 4.78. The first-order valence-electron chi connectivity index (χ1n) is 10.4. The average Bonchev–Trinajstić information content (AvgIpc) is 3.40. The van der Waals surface area contributed by atoms with Gasteiger partial charge < -0.3 is 24.2 Å². The fourth-order valence-corrected chi connectivity index (χ4v) is 4.78.